The van der Waals surface area contributed by atoms with Gasteiger partial charge in [0.25, 0.3) is 0 Å². The van der Waals surface area contributed by atoms with E-state index in [0.29, 0.717) is 12.0 Å². The van der Waals surface area contributed by atoms with Crippen molar-refractivity contribution < 1.29 is 53.2 Å². The van der Waals surface area contributed by atoms with Crippen molar-refractivity contribution in [3.63, 3.8) is 0 Å². The zero-order valence-corrected chi connectivity index (χ0v) is 18.3. The third-order valence-electron chi connectivity index (χ3n) is 3.94. The highest BCUT2D eigenvalue weighted by molar-refractivity contribution is 7.39. The van der Waals surface area contributed by atoms with E-state index in [0.717, 1.165) is 9.80 Å². The van der Waals surface area contributed by atoms with Crippen LogP contribution < -0.4 is 10.2 Å². The Kier molecular flexibility index (Phi) is 11.6. The third-order valence-corrected chi connectivity index (χ3v) is 4.28. The zero-order chi connectivity index (χ0) is 25.0. The number of aromatic nitrogens is 1. The highest BCUT2D eigenvalue weighted by Crippen LogP contribution is 2.24. The van der Waals surface area contributed by atoms with Gasteiger partial charge in [-0.25, -0.2) is 14.6 Å². The van der Waals surface area contributed by atoms with Crippen molar-refractivity contribution in [2.45, 2.75) is 25.4 Å². The van der Waals surface area contributed by atoms with E-state index in [4.69, 9.17) is 19.6 Å². The smallest absolute Gasteiger partial charge is 0.412 e. The van der Waals surface area contributed by atoms with Crippen LogP contribution >= 0.6 is 8.60 Å². The maximum absolute atomic E-state index is 12.4. The summed E-state index contributed by atoms with van der Waals surface area (Å²) in [5, 5.41) is 20.0. The fourth-order valence-electron chi connectivity index (χ4n) is 2.47. The van der Waals surface area contributed by atoms with Gasteiger partial charge in [0, 0.05) is 25.2 Å². The molecule has 0 fully saturated rings. The van der Waals surface area contributed by atoms with Gasteiger partial charge in [-0.15, -0.1) is 0 Å². The highest BCUT2D eigenvalue weighted by Gasteiger charge is 2.26. The summed E-state index contributed by atoms with van der Waals surface area (Å²) in [6.45, 7) is -1.88. The number of ether oxygens (including phenoxy) is 1. The molecule has 0 spiro atoms. The number of rotatable bonds is 14. The topological polar surface area (TPSA) is 216 Å². The van der Waals surface area contributed by atoms with Crippen LogP contribution in [0.1, 0.15) is 18.4 Å². The molecule has 0 aromatic carbocycles. The lowest BCUT2D eigenvalue weighted by Gasteiger charge is -2.24. The fourth-order valence-corrected chi connectivity index (χ4v) is 2.61. The van der Waals surface area contributed by atoms with Gasteiger partial charge in [0.05, 0.1) is 6.54 Å². The molecule has 182 valence electrons. The molecule has 1 heterocycles. The van der Waals surface area contributed by atoms with E-state index in [-0.39, 0.29) is 18.8 Å². The van der Waals surface area contributed by atoms with Crippen molar-refractivity contribution in [3.05, 3.63) is 23.9 Å². The molecule has 0 bridgehead atoms. The summed E-state index contributed by atoms with van der Waals surface area (Å²) in [7, 11) is -1.39. The van der Waals surface area contributed by atoms with Gasteiger partial charge in [0.1, 0.15) is 18.4 Å². The maximum Gasteiger partial charge on any atom is 0.412 e. The van der Waals surface area contributed by atoms with Crippen LogP contribution in [0.3, 0.4) is 0 Å². The first-order valence-electron chi connectivity index (χ1n) is 9.13. The summed E-state index contributed by atoms with van der Waals surface area (Å²) >= 11 is 0. The normalized spacial score (nSPS) is 11.4. The van der Waals surface area contributed by atoms with Gasteiger partial charge in [-0.05, 0) is 12.5 Å². The van der Waals surface area contributed by atoms with E-state index in [9.17, 15) is 29.1 Å². The number of hydrogen-bond acceptors (Lipinski definition) is 10. The van der Waals surface area contributed by atoms with E-state index in [1.165, 1.54) is 25.4 Å². The highest BCUT2D eigenvalue weighted by atomic mass is 31.2. The lowest BCUT2D eigenvalue weighted by atomic mass is 10.1. The number of nitrogens with one attached hydrogen (secondary N) is 1. The Labute approximate surface area is 188 Å². The molecule has 1 aromatic rings. The van der Waals surface area contributed by atoms with E-state index in [1.807, 2.05) is 0 Å². The minimum absolute atomic E-state index is 0.168. The van der Waals surface area contributed by atoms with Crippen molar-refractivity contribution >= 4 is 44.8 Å². The Balaban J connectivity index is 3.02. The summed E-state index contributed by atoms with van der Waals surface area (Å²) in [6.07, 6.45) is -0.167. The molecule has 33 heavy (non-hydrogen) atoms. The van der Waals surface area contributed by atoms with Gasteiger partial charge in [-0.1, -0.05) is 6.07 Å². The predicted molar refractivity (Wildman–Crippen MR) is 109 cm³/mol. The minimum atomic E-state index is -2.80. The number of carbonyl (C=O) groups is 5. The number of anilines is 1. The van der Waals surface area contributed by atoms with Crippen LogP contribution in [0.15, 0.2) is 18.3 Å². The molecule has 0 radical (unpaired) electrons. The third kappa shape index (κ3) is 10.2. The lowest BCUT2D eigenvalue weighted by molar-refractivity contribution is -0.143. The van der Waals surface area contributed by atoms with Crippen LogP contribution in [0.5, 0.6) is 0 Å². The van der Waals surface area contributed by atoms with Crippen molar-refractivity contribution in [3.8, 4) is 0 Å². The molecular formula is C17H23N4O11P. The molecule has 1 atom stereocenters. The quantitative estimate of drug-likeness (QED) is 0.123. The van der Waals surface area contributed by atoms with E-state index in [2.05, 4.69) is 14.8 Å². The van der Waals surface area contributed by atoms with Crippen LogP contribution in [0.2, 0.25) is 0 Å². The monoisotopic (exact) mass is 490 g/mol. The number of hydrogen-bond donors (Lipinski definition) is 5. The molecule has 3 amide bonds. The Morgan fingerprint density at radius 2 is 1.97 bits per heavy atom. The molecule has 0 saturated heterocycles. The van der Waals surface area contributed by atoms with Crippen LogP contribution in [0, 0.1) is 0 Å². The number of nitrogens with zero attached hydrogens (tertiary/aromatic N) is 3. The summed E-state index contributed by atoms with van der Waals surface area (Å²) in [5.41, 5.74) is 0.324. The molecule has 16 heteroatoms. The minimum Gasteiger partial charge on any atom is -0.481 e. The van der Waals surface area contributed by atoms with E-state index >= 15 is 0 Å². The average Bonchev–Trinajstić information content (AvgIpc) is 2.75. The predicted octanol–water partition coefficient (Wildman–Crippen LogP) is -0.767. The molecule has 1 unspecified atom stereocenters. The molecular weight excluding hydrogens is 467 g/mol. The van der Waals surface area contributed by atoms with Crippen molar-refractivity contribution in [1.29, 1.82) is 0 Å². The number of pyridine rings is 1. The van der Waals surface area contributed by atoms with Crippen LogP contribution in [-0.4, -0.2) is 86.7 Å². The average molecular weight is 490 g/mol. The zero-order valence-electron chi connectivity index (χ0n) is 17.4. The maximum atomic E-state index is 12.4. The molecule has 0 saturated carbocycles. The summed E-state index contributed by atoms with van der Waals surface area (Å²) in [4.78, 5) is 81.4. The van der Waals surface area contributed by atoms with Crippen molar-refractivity contribution in [1.82, 2.24) is 15.2 Å². The second-order valence-corrected chi connectivity index (χ2v) is 7.12. The van der Waals surface area contributed by atoms with Gasteiger partial charge < -0.3 is 35.0 Å². The van der Waals surface area contributed by atoms with Crippen LogP contribution in [0.25, 0.3) is 0 Å². The number of aliphatic carboxylic acids is 2. The Hall–Kier alpha value is -3.39. The Bertz CT molecular complexity index is 854. The van der Waals surface area contributed by atoms with Crippen molar-refractivity contribution in [2.75, 3.05) is 25.3 Å². The molecule has 0 aliphatic heterocycles. The summed E-state index contributed by atoms with van der Waals surface area (Å²) < 4.78 is 9.08. The van der Waals surface area contributed by atoms with E-state index in [1.54, 1.807) is 0 Å². The molecule has 15 nitrogen and oxygen atoms in total. The number of carboxylic acids is 2. The summed E-state index contributed by atoms with van der Waals surface area (Å²) in [5.74, 6) is -3.49. The van der Waals surface area contributed by atoms with Gasteiger partial charge in [-0.2, -0.15) is 0 Å². The number of carbonyl (C=O) groups excluding carboxylic acids is 3. The van der Waals surface area contributed by atoms with Crippen LogP contribution in [-0.2, 0) is 35.0 Å². The molecule has 0 aliphatic rings. The van der Waals surface area contributed by atoms with Crippen LogP contribution in [0.4, 0.5) is 10.6 Å². The standard InChI is InChI=1S/C17H23N4O11P/c1-20(9-22)15-11(3-2-6-18-15)7-21(17(28)31-10-32-33(29)30)8-13(23)19-12(16(26)27)4-5-14(24)25/h2-3,6,9,12,29-30H,4-5,7-8,10H2,1H3,(H,19,23)(H,24,25)(H,26,27). The first-order chi connectivity index (χ1) is 15.5. The van der Waals surface area contributed by atoms with Crippen molar-refractivity contribution in [2.24, 2.45) is 0 Å². The largest absolute Gasteiger partial charge is 0.481 e. The van der Waals surface area contributed by atoms with Gasteiger partial charge in [0.2, 0.25) is 19.1 Å². The molecule has 1 aromatic heterocycles. The number of amides is 3. The lowest BCUT2D eigenvalue weighted by Crippen LogP contribution is -2.47. The SMILES string of the molecule is CN(C=O)c1ncccc1CN(CC(=O)NC(CCC(=O)O)C(=O)O)C(=O)OCOP(O)O. The Morgan fingerprint density at radius 3 is 2.55 bits per heavy atom. The molecule has 0 aliphatic carbocycles. The second kappa shape index (κ2) is 13.9. The van der Waals surface area contributed by atoms with Gasteiger partial charge >= 0.3 is 26.6 Å². The first-order valence-corrected chi connectivity index (χ1v) is 10.3. The van der Waals surface area contributed by atoms with Gasteiger partial charge in [0.15, 0.2) is 0 Å². The second-order valence-electron chi connectivity index (χ2n) is 6.36. The first kappa shape index (κ1) is 27.6. The van der Waals surface area contributed by atoms with E-state index < -0.39 is 58.3 Å². The number of carboxylic acid groups (broad SMARTS) is 2. The van der Waals surface area contributed by atoms with Gasteiger partial charge in [-0.3, -0.25) is 23.8 Å². The fraction of sp³-hybridized carbons (Fsp3) is 0.412. The summed E-state index contributed by atoms with van der Waals surface area (Å²) in [6, 6.07) is 1.52. The molecule has 1 rings (SSSR count). The Morgan fingerprint density at radius 1 is 1.27 bits per heavy atom. The molecule has 5 N–H and O–H groups in total.